The Morgan fingerprint density at radius 3 is 2.44 bits per heavy atom. The van der Waals surface area contributed by atoms with Crippen LogP contribution in [0.25, 0.3) is 0 Å². The summed E-state index contributed by atoms with van der Waals surface area (Å²) >= 11 is 0. The highest BCUT2D eigenvalue weighted by atomic mass is 16.5. The quantitative estimate of drug-likeness (QED) is 0.879. The maximum absolute atomic E-state index is 12.3. The molecule has 1 N–H and O–H groups in total. The molecule has 0 aliphatic rings. The second-order valence-electron chi connectivity index (χ2n) is 6.05. The summed E-state index contributed by atoms with van der Waals surface area (Å²) in [6.45, 7) is 5.75. The van der Waals surface area contributed by atoms with E-state index in [1.54, 1.807) is 13.2 Å². The molecule has 0 unspecified atom stereocenters. The van der Waals surface area contributed by atoms with E-state index in [0.29, 0.717) is 18.0 Å². The van der Waals surface area contributed by atoms with Crippen molar-refractivity contribution in [2.24, 2.45) is 0 Å². The van der Waals surface area contributed by atoms with Crippen molar-refractivity contribution in [3.8, 4) is 5.75 Å². The zero-order valence-corrected chi connectivity index (χ0v) is 15.1. The van der Waals surface area contributed by atoms with Crippen molar-refractivity contribution in [1.82, 2.24) is 5.32 Å². The van der Waals surface area contributed by atoms with Gasteiger partial charge in [-0.25, -0.2) is 0 Å². The van der Waals surface area contributed by atoms with Crippen LogP contribution in [0.4, 0.5) is 5.69 Å². The summed E-state index contributed by atoms with van der Waals surface area (Å²) in [5.41, 5.74) is 3.75. The molecule has 0 saturated carbocycles. The van der Waals surface area contributed by atoms with E-state index < -0.39 is 0 Å². The van der Waals surface area contributed by atoms with Gasteiger partial charge in [0.2, 0.25) is 11.8 Å². The van der Waals surface area contributed by atoms with E-state index in [0.717, 1.165) is 16.7 Å². The van der Waals surface area contributed by atoms with Crippen LogP contribution < -0.4 is 15.0 Å². The minimum absolute atomic E-state index is 0.0546. The van der Waals surface area contributed by atoms with Crippen molar-refractivity contribution >= 4 is 17.5 Å². The summed E-state index contributed by atoms with van der Waals surface area (Å²) in [6.07, 6.45) is 0. The van der Waals surface area contributed by atoms with Gasteiger partial charge in [-0.05, 0) is 37.1 Å². The first-order chi connectivity index (χ1) is 11.9. The van der Waals surface area contributed by atoms with Crippen LogP contribution in [0.15, 0.2) is 42.5 Å². The summed E-state index contributed by atoms with van der Waals surface area (Å²) < 4.78 is 5.33. The largest absolute Gasteiger partial charge is 0.495 e. The second-order valence-corrected chi connectivity index (χ2v) is 6.05. The fourth-order valence-corrected chi connectivity index (χ4v) is 2.60. The number of carbonyl (C=O) groups is 2. The lowest BCUT2D eigenvalue weighted by atomic mass is 10.1. The Morgan fingerprint density at radius 2 is 1.80 bits per heavy atom. The highest BCUT2D eigenvalue weighted by Crippen LogP contribution is 2.29. The molecule has 0 spiro atoms. The Labute approximate surface area is 148 Å². The minimum Gasteiger partial charge on any atom is -0.495 e. The lowest BCUT2D eigenvalue weighted by molar-refractivity contribution is -0.123. The summed E-state index contributed by atoms with van der Waals surface area (Å²) in [6, 6.07) is 13.5. The topological polar surface area (TPSA) is 58.6 Å². The Morgan fingerprint density at radius 1 is 1.08 bits per heavy atom. The monoisotopic (exact) mass is 340 g/mol. The number of ether oxygens (including phenoxy) is 1. The maximum atomic E-state index is 12.3. The minimum atomic E-state index is -0.222. The van der Waals surface area contributed by atoms with E-state index in [2.05, 4.69) is 5.32 Å². The van der Waals surface area contributed by atoms with Crippen molar-refractivity contribution in [3.05, 3.63) is 59.2 Å². The smallest absolute Gasteiger partial charge is 0.240 e. The summed E-state index contributed by atoms with van der Waals surface area (Å²) in [5.74, 6) is 0.127. The van der Waals surface area contributed by atoms with Crippen molar-refractivity contribution in [3.63, 3.8) is 0 Å². The molecule has 0 bridgehead atoms. The highest BCUT2D eigenvalue weighted by Gasteiger charge is 2.19. The molecule has 2 amide bonds. The molecular weight excluding hydrogens is 316 g/mol. The molecule has 0 radical (unpaired) electrons. The molecule has 0 aliphatic heterocycles. The molecule has 2 rings (SSSR count). The van der Waals surface area contributed by atoms with Gasteiger partial charge >= 0.3 is 0 Å². The molecule has 2 aromatic rings. The standard InChI is InChI=1S/C20H24N2O3/c1-14-6-5-7-17(10-14)12-21-20(24)13-22(16(3)23)18-11-15(2)8-9-19(18)25-4/h5-11H,12-13H2,1-4H3,(H,21,24). The normalized spacial score (nSPS) is 10.2. The van der Waals surface area contributed by atoms with Crippen molar-refractivity contribution in [2.75, 3.05) is 18.6 Å². The van der Waals surface area contributed by atoms with Crippen LogP contribution in [0.2, 0.25) is 0 Å². The number of hydrogen-bond acceptors (Lipinski definition) is 3. The number of hydrogen-bond donors (Lipinski definition) is 1. The van der Waals surface area contributed by atoms with Gasteiger partial charge in [0.15, 0.2) is 0 Å². The average Bonchev–Trinajstić information content (AvgIpc) is 2.57. The third kappa shape index (κ3) is 5.08. The third-order valence-corrected chi connectivity index (χ3v) is 3.88. The molecule has 25 heavy (non-hydrogen) atoms. The number of anilines is 1. The van der Waals surface area contributed by atoms with Gasteiger partial charge in [-0.3, -0.25) is 14.5 Å². The van der Waals surface area contributed by atoms with Crippen LogP contribution in [0.5, 0.6) is 5.75 Å². The lowest BCUT2D eigenvalue weighted by Crippen LogP contribution is -2.39. The first-order valence-corrected chi connectivity index (χ1v) is 8.15. The molecule has 2 aromatic carbocycles. The first-order valence-electron chi connectivity index (χ1n) is 8.15. The number of carbonyl (C=O) groups excluding carboxylic acids is 2. The predicted molar refractivity (Wildman–Crippen MR) is 98.8 cm³/mol. The Bertz CT molecular complexity index is 771. The molecule has 5 heteroatoms. The van der Waals surface area contributed by atoms with Gasteiger partial charge in [-0.2, -0.15) is 0 Å². The number of methoxy groups -OCH3 is 1. The van der Waals surface area contributed by atoms with E-state index in [1.165, 1.54) is 11.8 Å². The maximum Gasteiger partial charge on any atom is 0.240 e. The molecule has 132 valence electrons. The molecule has 0 heterocycles. The fraction of sp³-hybridized carbons (Fsp3) is 0.300. The van der Waals surface area contributed by atoms with E-state index in [4.69, 9.17) is 4.74 Å². The summed E-state index contributed by atoms with van der Waals surface area (Å²) in [5, 5.41) is 2.86. The SMILES string of the molecule is COc1ccc(C)cc1N(CC(=O)NCc1cccc(C)c1)C(C)=O. The van der Waals surface area contributed by atoms with Gasteiger partial charge in [0.25, 0.3) is 0 Å². The van der Waals surface area contributed by atoms with Crippen LogP contribution in [-0.4, -0.2) is 25.5 Å². The Balaban J connectivity index is 2.10. The zero-order chi connectivity index (χ0) is 18.4. The van der Waals surface area contributed by atoms with Crippen LogP contribution >= 0.6 is 0 Å². The van der Waals surface area contributed by atoms with Crippen molar-refractivity contribution in [2.45, 2.75) is 27.3 Å². The predicted octanol–water partition coefficient (Wildman–Crippen LogP) is 2.98. The molecule has 5 nitrogen and oxygen atoms in total. The first kappa shape index (κ1) is 18.5. The van der Waals surface area contributed by atoms with Crippen molar-refractivity contribution < 1.29 is 14.3 Å². The number of aryl methyl sites for hydroxylation is 2. The van der Waals surface area contributed by atoms with Crippen LogP contribution in [0, 0.1) is 13.8 Å². The molecule has 0 saturated heterocycles. The summed E-state index contributed by atoms with van der Waals surface area (Å²) in [4.78, 5) is 25.8. The number of nitrogens with zero attached hydrogens (tertiary/aromatic N) is 1. The van der Waals surface area contributed by atoms with Gasteiger partial charge in [0.05, 0.1) is 12.8 Å². The Hall–Kier alpha value is -2.82. The van der Waals surface area contributed by atoms with Crippen LogP contribution in [0.3, 0.4) is 0 Å². The lowest BCUT2D eigenvalue weighted by Gasteiger charge is -2.23. The second kappa shape index (κ2) is 8.33. The van der Waals surface area contributed by atoms with Crippen molar-refractivity contribution in [1.29, 1.82) is 0 Å². The number of amides is 2. The fourth-order valence-electron chi connectivity index (χ4n) is 2.60. The molecule has 0 aliphatic carbocycles. The molecular formula is C20H24N2O3. The van der Waals surface area contributed by atoms with Gasteiger partial charge in [0.1, 0.15) is 12.3 Å². The van der Waals surface area contributed by atoms with Gasteiger partial charge < -0.3 is 10.1 Å². The van der Waals surface area contributed by atoms with E-state index in [1.807, 2.05) is 50.2 Å². The van der Waals surface area contributed by atoms with E-state index in [-0.39, 0.29) is 18.4 Å². The summed E-state index contributed by atoms with van der Waals surface area (Å²) in [7, 11) is 1.55. The molecule has 0 fully saturated rings. The molecule has 0 atom stereocenters. The number of nitrogens with one attached hydrogen (secondary N) is 1. The number of rotatable bonds is 6. The van der Waals surface area contributed by atoms with Gasteiger partial charge in [-0.1, -0.05) is 35.9 Å². The molecule has 0 aromatic heterocycles. The van der Waals surface area contributed by atoms with Crippen LogP contribution in [-0.2, 0) is 16.1 Å². The average molecular weight is 340 g/mol. The number of benzene rings is 2. The van der Waals surface area contributed by atoms with Gasteiger partial charge in [0, 0.05) is 13.5 Å². The Kier molecular flexibility index (Phi) is 6.17. The third-order valence-electron chi connectivity index (χ3n) is 3.88. The van der Waals surface area contributed by atoms with Gasteiger partial charge in [-0.15, -0.1) is 0 Å². The highest BCUT2D eigenvalue weighted by molar-refractivity contribution is 5.98. The van der Waals surface area contributed by atoms with Crippen LogP contribution in [0.1, 0.15) is 23.6 Å². The van der Waals surface area contributed by atoms with E-state index in [9.17, 15) is 9.59 Å². The zero-order valence-electron chi connectivity index (χ0n) is 15.1. The van der Waals surface area contributed by atoms with E-state index >= 15 is 0 Å².